The number of hydrogen-bond acceptors (Lipinski definition) is 2. The Kier molecular flexibility index (Phi) is 2.71. The molecule has 0 aromatic heterocycles. The summed E-state index contributed by atoms with van der Waals surface area (Å²) in [7, 11) is 0. The van der Waals surface area contributed by atoms with Crippen LogP contribution in [-0.4, -0.2) is 16.2 Å². The number of aromatic hydroxyl groups is 1. The number of carbonyl (C=O) groups is 1. The second-order valence-electron chi connectivity index (χ2n) is 3.57. The van der Waals surface area contributed by atoms with E-state index in [2.05, 4.69) is 0 Å². The summed E-state index contributed by atoms with van der Waals surface area (Å²) in [5, 5.41) is 18.4. The molecule has 0 spiro atoms. The third-order valence-electron chi connectivity index (χ3n) is 2.19. The van der Waals surface area contributed by atoms with Crippen molar-refractivity contribution >= 4 is 17.6 Å². The molecular formula is C10H11ClO3. The summed E-state index contributed by atoms with van der Waals surface area (Å²) >= 11 is 5.81. The van der Waals surface area contributed by atoms with Gasteiger partial charge in [-0.3, -0.25) is 4.79 Å². The third-order valence-corrected chi connectivity index (χ3v) is 2.58. The maximum absolute atomic E-state index is 10.9. The number of aliphatic carboxylic acids is 1. The number of carboxylic acids is 1. The molecule has 1 aromatic rings. The first-order valence-corrected chi connectivity index (χ1v) is 4.46. The first kappa shape index (κ1) is 10.9. The number of rotatable bonds is 2. The van der Waals surface area contributed by atoms with Gasteiger partial charge in [0.05, 0.1) is 10.4 Å². The van der Waals surface area contributed by atoms with Gasteiger partial charge in [0.2, 0.25) is 0 Å². The first-order chi connectivity index (χ1) is 6.37. The van der Waals surface area contributed by atoms with Crippen LogP contribution in [0.15, 0.2) is 18.2 Å². The summed E-state index contributed by atoms with van der Waals surface area (Å²) in [6, 6.07) is 4.58. The minimum atomic E-state index is -1.10. The van der Waals surface area contributed by atoms with Crippen LogP contribution in [-0.2, 0) is 10.2 Å². The molecule has 0 bridgehead atoms. The van der Waals surface area contributed by atoms with Crippen LogP contribution >= 0.6 is 11.6 Å². The lowest BCUT2D eigenvalue weighted by Gasteiger charge is -2.21. The van der Waals surface area contributed by atoms with Crippen molar-refractivity contribution in [1.29, 1.82) is 0 Å². The fraction of sp³-hybridized carbons (Fsp3) is 0.300. The minimum Gasteiger partial charge on any atom is -0.506 e. The fourth-order valence-electron chi connectivity index (χ4n) is 1.12. The second kappa shape index (κ2) is 3.50. The number of carboxylic acid groups (broad SMARTS) is 1. The zero-order valence-electron chi connectivity index (χ0n) is 7.91. The molecule has 0 aliphatic rings. The standard InChI is InChI=1S/C10H11ClO3/c1-10(2,9(13)14)6-4-3-5-7(12)8(6)11/h3-5,12H,1-2H3,(H,13,14). The molecule has 3 nitrogen and oxygen atoms in total. The van der Waals surface area contributed by atoms with Gasteiger partial charge in [0, 0.05) is 0 Å². The van der Waals surface area contributed by atoms with Crippen molar-refractivity contribution in [2.75, 3.05) is 0 Å². The van der Waals surface area contributed by atoms with Crippen molar-refractivity contribution in [3.63, 3.8) is 0 Å². The van der Waals surface area contributed by atoms with E-state index in [-0.39, 0.29) is 10.8 Å². The molecular weight excluding hydrogens is 204 g/mol. The van der Waals surface area contributed by atoms with Crippen LogP contribution < -0.4 is 0 Å². The summed E-state index contributed by atoms with van der Waals surface area (Å²) in [5.41, 5.74) is -0.692. The van der Waals surface area contributed by atoms with Crippen LogP contribution in [0, 0.1) is 0 Å². The molecule has 0 saturated carbocycles. The van der Waals surface area contributed by atoms with Gasteiger partial charge < -0.3 is 10.2 Å². The average Bonchev–Trinajstić information content (AvgIpc) is 2.09. The van der Waals surface area contributed by atoms with Crippen molar-refractivity contribution in [2.45, 2.75) is 19.3 Å². The van der Waals surface area contributed by atoms with Gasteiger partial charge in [0.15, 0.2) is 0 Å². The fourth-order valence-corrected chi connectivity index (χ4v) is 1.48. The molecule has 0 atom stereocenters. The Hall–Kier alpha value is -1.22. The normalized spacial score (nSPS) is 11.4. The third kappa shape index (κ3) is 1.68. The van der Waals surface area contributed by atoms with Crippen molar-refractivity contribution in [2.24, 2.45) is 0 Å². The Morgan fingerprint density at radius 1 is 1.43 bits per heavy atom. The lowest BCUT2D eigenvalue weighted by atomic mass is 9.85. The Morgan fingerprint density at radius 2 is 2.00 bits per heavy atom. The molecule has 2 N–H and O–H groups in total. The summed E-state index contributed by atoms with van der Waals surface area (Å²) in [6.45, 7) is 3.08. The van der Waals surface area contributed by atoms with Gasteiger partial charge >= 0.3 is 5.97 Å². The second-order valence-corrected chi connectivity index (χ2v) is 3.95. The average molecular weight is 215 g/mol. The van der Waals surface area contributed by atoms with Crippen LogP contribution in [0.3, 0.4) is 0 Å². The highest BCUT2D eigenvalue weighted by molar-refractivity contribution is 6.33. The van der Waals surface area contributed by atoms with Gasteiger partial charge in [0.1, 0.15) is 5.75 Å². The molecule has 4 heteroatoms. The lowest BCUT2D eigenvalue weighted by Crippen LogP contribution is -2.28. The van der Waals surface area contributed by atoms with Gasteiger partial charge in [-0.25, -0.2) is 0 Å². The number of phenolic OH excluding ortho intramolecular Hbond substituents is 1. The molecule has 1 aromatic carbocycles. The van der Waals surface area contributed by atoms with Crippen LogP contribution in [0.4, 0.5) is 0 Å². The van der Waals surface area contributed by atoms with E-state index in [1.165, 1.54) is 19.9 Å². The van der Waals surface area contributed by atoms with Gasteiger partial charge in [0.25, 0.3) is 0 Å². The Bertz CT molecular complexity index is 372. The maximum Gasteiger partial charge on any atom is 0.313 e. The predicted octanol–water partition coefficient (Wildman–Crippen LogP) is 2.41. The zero-order chi connectivity index (χ0) is 10.9. The van der Waals surface area contributed by atoms with E-state index >= 15 is 0 Å². The van der Waals surface area contributed by atoms with E-state index in [1.807, 2.05) is 0 Å². The van der Waals surface area contributed by atoms with Gasteiger partial charge in [-0.15, -0.1) is 0 Å². The molecule has 0 saturated heterocycles. The molecule has 0 heterocycles. The predicted molar refractivity (Wildman–Crippen MR) is 53.8 cm³/mol. The first-order valence-electron chi connectivity index (χ1n) is 4.08. The van der Waals surface area contributed by atoms with Crippen LogP contribution in [0.25, 0.3) is 0 Å². The Labute approximate surface area is 86.9 Å². The monoisotopic (exact) mass is 214 g/mol. The summed E-state index contributed by atoms with van der Waals surface area (Å²) in [6.07, 6.45) is 0. The van der Waals surface area contributed by atoms with E-state index < -0.39 is 11.4 Å². The van der Waals surface area contributed by atoms with Crippen molar-refractivity contribution in [3.8, 4) is 5.75 Å². The van der Waals surface area contributed by atoms with Crippen molar-refractivity contribution in [3.05, 3.63) is 28.8 Å². The number of hydrogen-bond donors (Lipinski definition) is 2. The summed E-state index contributed by atoms with van der Waals surface area (Å²) < 4.78 is 0. The highest BCUT2D eigenvalue weighted by Gasteiger charge is 2.32. The Morgan fingerprint density at radius 3 is 2.50 bits per heavy atom. The van der Waals surface area contributed by atoms with E-state index in [1.54, 1.807) is 12.1 Å². The van der Waals surface area contributed by atoms with Crippen LogP contribution in [0.1, 0.15) is 19.4 Å². The van der Waals surface area contributed by atoms with Gasteiger partial charge in [-0.05, 0) is 25.5 Å². The van der Waals surface area contributed by atoms with Crippen molar-refractivity contribution < 1.29 is 15.0 Å². The van der Waals surface area contributed by atoms with E-state index in [4.69, 9.17) is 16.7 Å². The highest BCUT2D eigenvalue weighted by Crippen LogP contribution is 2.35. The molecule has 0 unspecified atom stereocenters. The number of phenols is 1. The minimum absolute atomic E-state index is 0.0971. The largest absolute Gasteiger partial charge is 0.506 e. The molecule has 76 valence electrons. The molecule has 0 fully saturated rings. The molecule has 0 aliphatic heterocycles. The summed E-state index contributed by atoms with van der Waals surface area (Å²) in [5.74, 6) is -1.08. The molecule has 0 radical (unpaired) electrons. The SMILES string of the molecule is CC(C)(C(=O)O)c1cccc(O)c1Cl. The molecule has 1 rings (SSSR count). The van der Waals surface area contributed by atoms with E-state index in [0.717, 1.165) is 0 Å². The van der Waals surface area contributed by atoms with Crippen molar-refractivity contribution in [1.82, 2.24) is 0 Å². The van der Waals surface area contributed by atoms with Gasteiger partial charge in [-0.2, -0.15) is 0 Å². The quantitative estimate of drug-likeness (QED) is 0.795. The molecule has 14 heavy (non-hydrogen) atoms. The highest BCUT2D eigenvalue weighted by atomic mass is 35.5. The summed E-state index contributed by atoms with van der Waals surface area (Å²) in [4.78, 5) is 10.9. The van der Waals surface area contributed by atoms with E-state index in [0.29, 0.717) is 5.56 Å². The maximum atomic E-state index is 10.9. The van der Waals surface area contributed by atoms with Gasteiger partial charge in [-0.1, -0.05) is 23.7 Å². The molecule has 0 amide bonds. The number of benzene rings is 1. The topological polar surface area (TPSA) is 57.5 Å². The van der Waals surface area contributed by atoms with E-state index in [9.17, 15) is 9.90 Å². The number of halogens is 1. The zero-order valence-corrected chi connectivity index (χ0v) is 8.67. The van der Waals surface area contributed by atoms with Crippen LogP contribution in [0.2, 0.25) is 5.02 Å². The Balaban J connectivity index is 3.33. The lowest BCUT2D eigenvalue weighted by molar-refractivity contribution is -0.142. The molecule has 0 aliphatic carbocycles. The van der Waals surface area contributed by atoms with Crippen LogP contribution in [0.5, 0.6) is 5.75 Å². The smallest absolute Gasteiger partial charge is 0.313 e.